The minimum absolute atomic E-state index is 0.349. The largest absolute Gasteiger partial charge is 0.313 e. The topological polar surface area (TPSA) is 35.8 Å². The molecule has 58 valence electrons. The van der Waals surface area contributed by atoms with Crippen molar-refractivity contribution in [3.05, 3.63) is 21.9 Å². The molecule has 0 amide bonds. The normalized spacial score (nSPS) is 12.5. The predicted molar refractivity (Wildman–Crippen MR) is 46.5 cm³/mol. The van der Waals surface area contributed by atoms with Gasteiger partial charge in [0.15, 0.2) is 0 Å². The van der Waals surface area contributed by atoms with Crippen molar-refractivity contribution in [2.45, 2.75) is 13.0 Å². The second kappa shape index (κ2) is 3.51. The van der Waals surface area contributed by atoms with Crippen molar-refractivity contribution in [3.63, 3.8) is 0 Å². The van der Waals surface area contributed by atoms with Crippen molar-refractivity contribution in [2.75, 3.05) is 7.05 Å². The molecule has 0 saturated heterocycles. The van der Waals surface area contributed by atoms with Gasteiger partial charge in [-0.1, -0.05) is 0 Å². The minimum Gasteiger partial charge on any atom is -0.313 e. The van der Waals surface area contributed by atoms with Crippen molar-refractivity contribution >= 4 is 11.3 Å². The number of nitriles is 1. The molecule has 0 aliphatic carbocycles. The molecule has 1 atom stereocenters. The third kappa shape index (κ3) is 1.79. The van der Waals surface area contributed by atoms with Gasteiger partial charge in [-0.25, -0.2) is 0 Å². The highest BCUT2D eigenvalue weighted by molar-refractivity contribution is 7.12. The standard InChI is InChI=1S/C8H10N2S/c1-6(10-2)8-4-3-7(5-9)11-8/h3-4,6,10H,1-2H3. The van der Waals surface area contributed by atoms with E-state index in [2.05, 4.69) is 18.3 Å². The van der Waals surface area contributed by atoms with Gasteiger partial charge in [-0.15, -0.1) is 11.3 Å². The zero-order valence-corrected chi connectivity index (χ0v) is 7.40. The molecule has 2 nitrogen and oxygen atoms in total. The van der Waals surface area contributed by atoms with Gasteiger partial charge in [-0.2, -0.15) is 5.26 Å². The highest BCUT2D eigenvalue weighted by atomic mass is 32.1. The summed E-state index contributed by atoms with van der Waals surface area (Å²) in [7, 11) is 1.91. The first-order chi connectivity index (χ1) is 5.27. The number of rotatable bonds is 2. The van der Waals surface area contributed by atoms with Crippen LogP contribution >= 0.6 is 11.3 Å². The number of nitrogens with zero attached hydrogens (tertiary/aromatic N) is 1. The lowest BCUT2D eigenvalue weighted by Crippen LogP contribution is -2.10. The van der Waals surface area contributed by atoms with Crippen LogP contribution in [0.2, 0.25) is 0 Å². The van der Waals surface area contributed by atoms with Gasteiger partial charge in [0.05, 0.1) is 0 Å². The lowest BCUT2D eigenvalue weighted by molar-refractivity contribution is 0.664. The lowest BCUT2D eigenvalue weighted by atomic mass is 10.3. The summed E-state index contributed by atoms with van der Waals surface area (Å²) in [6.07, 6.45) is 0. The molecular weight excluding hydrogens is 156 g/mol. The van der Waals surface area contributed by atoms with E-state index in [1.165, 1.54) is 4.88 Å². The first-order valence-electron chi connectivity index (χ1n) is 3.45. The van der Waals surface area contributed by atoms with Gasteiger partial charge in [-0.3, -0.25) is 0 Å². The molecule has 11 heavy (non-hydrogen) atoms. The number of hydrogen-bond acceptors (Lipinski definition) is 3. The zero-order valence-electron chi connectivity index (χ0n) is 6.59. The van der Waals surface area contributed by atoms with Crippen LogP contribution in [0.1, 0.15) is 22.7 Å². The zero-order chi connectivity index (χ0) is 8.27. The molecule has 3 heteroatoms. The van der Waals surface area contributed by atoms with E-state index in [-0.39, 0.29) is 0 Å². The molecule has 0 saturated carbocycles. The predicted octanol–water partition coefficient (Wildman–Crippen LogP) is 1.90. The molecule has 1 unspecified atom stereocenters. The third-order valence-corrected chi connectivity index (χ3v) is 2.77. The Kier molecular flexibility index (Phi) is 2.64. The average molecular weight is 166 g/mol. The summed E-state index contributed by atoms with van der Waals surface area (Å²) in [5.41, 5.74) is 0. The second-order valence-electron chi connectivity index (χ2n) is 2.32. The maximum atomic E-state index is 8.55. The summed E-state index contributed by atoms with van der Waals surface area (Å²) in [6, 6.07) is 6.31. The monoisotopic (exact) mass is 166 g/mol. The highest BCUT2D eigenvalue weighted by Crippen LogP contribution is 2.21. The van der Waals surface area contributed by atoms with Crippen LogP contribution in [0.15, 0.2) is 12.1 Å². The Bertz CT molecular complexity index is 272. The van der Waals surface area contributed by atoms with Crippen LogP contribution < -0.4 is 5.32 Å². The lowest BCUT2D eigenvalue weighted by Gasteiger charge is -2.05. The maximum Gasteiger partial charge on any atom is 0.110 e. The van der Waals surface area contributed by atoms with Crippen LogP contribution in [-0.4, -0.2) is 7.05 Å². The molecule has 0 radical (unpaired) electrons. The van der Waals surface area contributed by atoms with E-state index in [9.17, 15) is 0 Å². The fourth-order valence-electron chi connectivity index (χ4n) is 0.788. The molecule has 1 aromatic heterocycles. The Hall–Kier alpha value is -0.850. The van der Waals surface area contributed by atoms with Crippen LogP contribution in [0.3, 0.4) is 0 Å². The van der Waals surface area contributed by atoms with Crippen molar-refractivity contribution in [3.8, 4) is 6.07 Å². The first-order valence-corrected chi connectivity index (χ1v) is 4.26. The Morgan fingerprint density at radius 3 is 2.82 bits per heavy atom. The molecule has 0 aromatic carbocycles. The molecule has 1 rings (SSSR count). The SMILES string of the molecule is CNC(C)c1ccc(C#N)s1. The maximum absolute atomic E-state index is 8.55. The molecule has 0 aliphatic heterocycles. The van der Waals surface area contributed by atoms with E-state index in [4.69, 9.17) is 5.26 Å². The molecule has 0 spiro atoms. The van der Waals surface area contributed by atoms with E-state index in [0.29, 0.717) is 6.04 Å². The Morgan fingerprint density at radius 2 is 2.36 bits per heavy atom. The highest BCUT2D eigenvalue weighted by Gasteiger charge is 2.04. The fraction of sp³-hybridized carbons (Fsp3) is 0.375. The van der Waals surface area contributed by atoms with Crippen LogP contribution in [0.25, 0.3) is 0 Å². The van der Waals surface area contributed by atoms with Gasteiger partial charge in [-0.05, 0) is 26.1 Å². The van der Waals surface area contributed by atoms with Gasteiger partial charge in [0.1, 0.15) is 10.9 Å². The fourth-order valence-corrected chi connectivity index (χ4v) is 1.65. The number of nitrogens with one attached hydrogen (secondary N) is 1. The summed E-state index contributed by atoms with van der Waals surface area (Å²) in [5, 5.41) is 11.7. The quantitative estimate of drug-likeness (QED) is 0.728. The van der Waals surface area contributed by atoms with Gasteiger partial charge in [0, 0.05) is 10.9 Å². The number of hydrogen-bond donors (Lipinski definition) is 1. The summed E-state index contributed by atoms with van der Waals surface area (Å²) in [4.78, 5) is 1.99. The summed E-state index contributed by atoms with van der Waals surface area (Å²) < 4.78 is 0. The Balaban J connectivity index is 2.82. The van der Waals surface area contributed by atoms with E-state index in [0.717, 1.165) is 4.88 Å². The molecule has 0 fully saturated rings. The van der Waals surface area contributed by atoms with Crippen molar-refractivity contribution in [1.29, 1.82) is 5.26 Å². The first kappa shape index (κ1) is 8.25. The van der Waals surface area contributed by atoms with Crippen LogP contribution in [0.4, 0.5) is 0 Å². The number of thiophene rings is 1. The second-order valence-corrected chi connectivity index (χ2v) is 3.44. The van der Waals surface area contributed by atoms with E-state index >= 15 is 0 Å². The van der Waals surface area contributed by atoms with Crippen LogP contribution in [0.5, 0.6) is 0 Å². The van der Waals surface area contributed by atoms with Crippen molar-refractivity contribution in [1.82, 2.24) is 5.32 Å². The van der Waals surface area contributed by atoms with Gasteiger partial charge in [0.25, 0.3) is 0 Å². The molecule has 1 aromatic rings. The van der Waals surface area contributed by atoms with E-state index in [1.54, 1.807) is 11.3 Å². The smallest absolute Gasteiger partial charge is 0.110 e. The molecule has 1 N–H and O–H groups in total. The van der Waals surface area contributed by atoms with E-state index < -0.39 is 0 Å². The van der Waals surface area contributed by atoms with Gasteiger partial charge in [0.2, 0.25) is 0 Å². The molecular formula is C8H10N2S. The Morgan fingerprint density at radius 1 is 1.64 bits per heavy atom. The summed E-state index contributed by atoms with van der Waals surface area (Å²) in [5.74, 6) is 0. The summed E-state index contributed by atoms with van der Waals surface area (Å²) in [6.45, 7) is 2.08. The Labute approximate surface area is 70.5 Å². The molecule has 0 aliphatic rings. The van der Waals surface area contributed by atoms with Crippen molar-refractivity contribution < 1.29 is 0 Å². The van der Waals surface area contributed by atoms with Gasteiger partial charge < -0.3 is 5.32 Å². The van der Waals surface area contributed by atoms with Gasteiger partial charge >= 0.3 is 0 Å². The minimum atomic E-state index is 0.349. The molecule has 0 bridgehead atoms. The van der Waals surface area contributed by atoms with E-state index in [1.807, 2.05) is 19.2 Å². The average Bonchev–Trinajstić information content (AvgIpc) is 2.50. The molecule has 1 heterocycles. The van der Waals surface area contributed by atoms with Crippen LogP contribution in [0, 0.1) is 11.3 Å². The van der Waals surface area contributed by atoms with Crippen molar-refractivity contribution in [2.24, 2.45) is 0 Å². The summed E-state index contributed by atoms with van der Waals surface area (Å²) >= 11 is 1.54. The van der Waals surface area contributed by atoms with Crippen LogP contribution in [-0.2, 0) is 0 Å². The third-order valence-electron chi connectivity index (χ3n) is 1.60.